The number of anilines is 1. The molecule has 156 valence electrons. The average molecular weight is 477 g/mol. The number of Topliss-reactive ketones (excluding diaryl/α,β-unsaturated/α-hetero) is 1. The minimum Gasteiger partial charge on any atom is -0.507 e. The summed E-state index contributed by atoms with van der Waals surface area (Å²) in [7, 11) is 0. The number of carbonyl (C=O) groups is 2. The van der Waals surface area contributed by atoms with Crippen LogP contribution in [0.5, 0.6) is 0 Å². The topological polar surface area (TPSA) is 70.5 Å². The van der Waals surface area contributed by atoms with Gasteiger partial charge in [0.25, 0.3) is 11.7 Å². The minimum atomic E-state index is -0.756. The van der Waals surface area contributed by atoms with E-state index in [-0.39, 0.29) is 11.3 Å². The van der Waals surface area contributed by atoms with E-state index in [1.54, 1.807) is 36.7 Å². The van der Waals surface area contributed by atoms with Crippen molar-refractivity contribution in [2.75, 3.05) is 4.90 Å². The van der Waals surface area contributed by atoms with Gasteiger partial charge in [0.2, 0.25) is 0 Å². The summed E-state index contributed by atoms with van der Waals surface area (Å²) < 4.78 is 0.894. The molecule has 1 N–H and O–H groups in total. The largest absolute Gasteiger partial charge is 0.507 e. The molecule has 1 amide bonds. The molecule has 0 spiro atoms. The van der Waals surface area contributed by atoms with Crippen LogP contribution in [0, 0.1) is 20.8 Å². The Hall–Kier alpha value is -3.25. The van der Waals surface area contributed by atoms with Gasteiger partial charge in [0.05, 0.1) is 11.6 Å². The highest BCUT2D eigenvalue weighted by molar-refractivity contribution is 9.10. The van der Waals surface area contributed by atoms with Crippen molar-refractivity contribution in [1.29, 1.82) is 0 Å². The number of benzene rings is 2. The van der Waals surface area contributed by atoms with E-state index in [0.717, 1.165) is 21.2 Å². The first-order chi connectivity index (χ1) is 14.8. The first-order valence-electron chi connectivity index (χ1n) is 9.84. The molecular weight excluding hydrogens is 456 g/mol. The SMILES string of the molecule is Cc1ccc(N2C(=O)C(=O)/C(=C(/O)c3ccc(Br)c(C)c3)C2c2ccncc2)c(C)c1. The van der Waals surface area contributed by atoms with Crippen molar-refractivity contribution in [1.82, 2.24) is 4.98 Å². The number of carbonyl (C=O) groups excluding carboxylic acids is 2. The van der Waals surface area contributed by atoms with Gasteiger partial charge in [-0.15, -0.1) is 0 Å². The second-order valence-corrected chi connectivity index (χ2v) is 8.56. The average Bonchev–Trinajstić information content (AvgIpc) is 3.01. The second-order valence-electron chi connectivity index (χ2n) is 7.70. The zero-order valence-electron chi connectivity index (χ0n) is 17.4. The summed E-state index contributed by atoms with van der Waals surface area (Å²) in [5.74, 6) is -1.56. The van der Waals surface area contributed by atoms with Crippen LogP contribution in [0.25, 0.3) is 5.76 Å². The Morgan fingerprint density at radius 1 is 0.968 bits per heavy atom. The summed E-state index contributed by atoms with van der Waals surface area (Å²) in [5.41, 5.74) is 4.73. The molecule has 1 unspecified atom stereocenters. The lowest BCUT2D eigenvalue weighted by Gasteiger charge is -2.27. The summed E-state index contributed by atoms with van der Waals surface area (Å²) in [6, 6.07) is 13.8. The molecule has 1 fully saturated rings. The van der Waals surface area contributed by atoms with Gasteiger partial charge < -0.3 is 5.11 Å². The Kier molecular flexibility index (Phi) is 5.50. The number of aliphatic hydroxyl groups is 1. The van der Waals surface area contributed by atoms with Crippen LogP contribution < -0.4 is 4.90 Å². The van der Waals surface area contributed by atoms with Crippen LogP contribution in [0.2, 0.25) is 0 Å². The van der Waals surface area contributed by atoms with Crippen LogP contribution in [-0.4, -0.2) is 21.8 Å². The normalized spacial score (nSPS) is 17.9. The first kappa shape index (κ1) is 21.0. The third-order valence-corrected chi connectivity index (χ3v) is 6.40. The number of pyridine rings is 1. The van der Waals surface area contributed by atoms with Crippen molar-refractivity contribution in [3.05, 3.63) is 98.8 Å². The molecule has 0 aliphatic carbocycles. The summed E-state index contributed by atoms with van der Waals surface area (Å²) in [4.78, 5) is 31.9. The second kappa shape index (κ2) is 8.12. The molecular formula is C25H21BrN2O3. The number of aromatic nitrogens is 1. The van der Waals surface area contributed by atoms with Crippen LogP contribution in [0.15, 0.2) is 71.0 Å². The van der Waals surface area contributed by atoms with Crippen LogP contribution in [0.3, 0.4) is 0 Å². The van der Waals surface area contributed by atoms with Crippen molar-refractivity contribution >= 4 is 39.1 Å². The highest BCUT2D eigenvalue weighted by atomic mass is 79.9. The fourth-order valence-corrected chi connectivity index (χ4v) is 4.21. The highest BCUT2D eigenvalue weighted by Gasteiger charge is 2.47. The van der Waals surface area contributed by atoms with E-state index in [1.165, 1.54) is 4.90 Å². The van der Waals surface area contributed by atoms with E-state index in [2.05, 4.69) is 20.9 Å². The summed E-state index contributed by atoms with van der Waals surface area (Å²) in [5, 5.41) is 11.2. The first-order valence-corrected chi connectivity index (χ1v) is 10.6. The van der Waals surface area contributed by atoms with Gasteiger partial charge >= 0.3 is 0 Å². The maximum Gasteiger partial charge on any atom is 0.300 e. The van der Waals surface area contributed by atoms with E-state index in [0.29, 0.717) is 16.8 Å². The maximum atomic E-state index is 13.2. The van der Waals surface area contributed by atoms with Crippen molar-refractivity contribution in [2.45, 2.75) is 26.8 Å². The summed E-state index contributed by atoms with van der Waals surface area (Å²) >= 11 is 3.45. The lowest BCUT2D eigenvalue weighted by Crippen LogP contribution is -2.30. The van der Waals surface area contributed by atoms with Gasteiger partial charge in [-0.25, -0.2) is 0 Å². The molecule has 0 bridgehead atoms. The van der Waals surface area contributed by atoms with Crippen LogP contribution in [-0.2, 0) is 9.59 Å². The Bertz CT molecular complexity index is 1230. The van der Waals surface area contributed by atoms with Gasteiger partial charge in [0.15, 0.2) is 0 Å². The summed E-state index contributed by atoms with van der Waals surface area (Å²) in [6.07, 6.45) is 3.22. The van der Waals surface area contributed by atoms with E-state index in [1.807, 2.05) is 45.0 Å². The molecule has 5 nitrogen and oxygen atoms in total. The van der Waals surface area contributed by atoms with Gasteiger partial charge in [0.1, 0.15) is 5.76 Å². The number of halogens is 1. The number of nitrogens with zero attached hydrogens (tertiary/aromatic N) is 2. The fraction of sp³-hybridized carbons (Fsp3) is 0.160. The number of aryl methyl sites for hydroxylation is 3. The van der Waals surface area contributed by atoms with E-state index in [4.69, 9.17) is 0 Å². The van der Waals surface area contributed by atoms with Gasteiger partial charge in [-0.1, -0.05) is 39.7 Å². The molecule has 2 aromatic carbocycles. The van der Waals surface area contributed by atoms with E-state index >= 15 is 0 Å². The number of hydrogen-bond acceptors (Lipinski definition) is 4. The van der Waals surface area contributed by atoms with Crippen LogP contribution in [0.4, 0.5) is 5.69 Å². The maximum absolute atomic E-state index is 13.2. The molecule has 1 atom stereocenters. The molecule has 2 heterocycles. The van der Waals surface area contributed by atoms with E-state index in [9.17, 15) is 14.7 Å². The van der Waals surface area contributed by atoms with Crippen molar-refractivity contribution in [3.63, 3.8) is 0 Å². The third kappa shape index (κ3) is 3.68. The molecule has 31 heavy (non-hydrogen) atoms. The number of rotatable bonds is 3. The van der Waals surface area contributed by atoms with Gasteiger partial charge in [-0.3, -0.25) is 19.5 Å². The third-order valence-electron chi connectivity index (χ3n) is 5.51. The van der Waals surface area contributed by atoms with Crippen molar-refractivity contribution in [3.8, 4) is 0 Å². The Labute approximate surface area is 189 Å². The lowest BCUT2D eigenvalue weighted by atomic mass is 9.95. The molecule has 1 aliphatic heterocycles. The number of ketones is 1. The fourth-order valence-electron chi connectivity index (χ4n) is 3.97. The van der Waals surface area contributed by atoms with Gasteiger partial charge in [0, 0.05) is 28.1 Å². The van der Waals surface area contributed by atoms with Crippen LogP contribution >= 0.6 is 15.9 Å². The lowest BCUT2D eigenvalue weighted by molar-refractivity contribution is -0.132. The van der Waals surface area contributed by atoms with Crippen LogP contribution in [0.1, 0.15) is 33.9 Å². The highest BCUT2D eigenvalue weighted by Crippen LogP contribution is 2.43. The Morgan fingerprint density at radius 3 is 2.32 bits per heavy atom. The molecule has 6 heteroatoms. The van der Waals surface area contributed by atoms with Crippen molar-refractivity contribution < 1.29 is 14.7 Å². The quantitative estimate of drug-likeness (QED) is 0.312. The molecule has 1 aromatic heterocycles. The minimum absolute atomic E-state index is 0.0675. The number of hydrogen-bond donors (Lipinski definition) is 1. The van der Waals surface area contributed by atoms with Crippen molar-refractivity contribution in [2.24, 2.45) is 0 Å². The number of amides is 1. The predicted molar refractivity (Wildman–Crippen MR) is 124 cm³/mol. The van der Waals surface area contributed by atoms with Gasteiger partial charge in [-0.05, 0) is 67.8 Å². The molecule has 4 rings (SSSR count). The molecule has 1 saturated heterocycles. The zero-order valence-corrected chi connectivity index (χ0v) is 19.0. The Morgan fingerprint density at radius 2 is 1.68 bits per heavy atom. The molecule has 1 aliphatic rings. The molecule has 0 saturated carbocycles. The monoisotopic (exact) mass is 476 g/mol. The smallest absolute Gasteiger partial charge is 0.300 e. The predicted octanol–water partition coefficient (Wildman–Crippen LogP) is 5.40. The number of aliphatic hydroxyl groups excluding tert-OH is 1. The zero-order chi connectivity index (χ0) is 22.3. The van der Waals surface area contributed by atoms with Gasteiger partial charge in [-0.2, -0.15) is 0 Å². The van der Waals surface area contributed by atoms with E-state index < -0.39 is 17.7 Å². The standard InChI is InChI=1S/C25H21BrN2O3/c1-14-4-7-20(16(3)12-14)28-22(17-8-10-27-11-9-17)21(24(30)25(28)31)23(29)18-5-6-19(26)15(2)13-18/h4-13,22,29H,1-3H3/b23-21+. The Balaban J connectivity index is 1.97. The molecule has 3 aromatic rings. The molecule has 0 radical (unpaired) electrons. The summed E-state index contributed by atoms with van der Waals surface area (Å²) in [6.45, 7) is 5.78.